The summed E-state index contributed by atoms with van der Waals surface area (Å²) in [5.74, 6) is -8.05. The van der Waals surface area contributed by atoms with E-state index in [1.165, 1.54) is 6.07 Å². The first kappa shape index (κ1) is 27.7. The average Bonchev–Trinajstić information content (AvgIpc) is 2.79. The number of carbonyl (C=O) groups is 4. The lowest BCUT2D eigenvalue weighted by molar-refractivity contribution is -0.184. The monoisotopic (exact) mass is 529 g/mol. The Bertz CT molecular complexity index is 1260. The van der Waals surface area contributed by atoms with Crippen LogP contribution in [-0.2, 0) is 32.1 Å². The van der Waals surface area contributed by atoms with Crippen LogP contribution >= 0.6 is 0 Å². The van der Waals surface area contributed by atoms with Crippen LogP contribution in [-0.4, -0.2) is 80.5 Å². The normalized spacial score (nSPS) is 31.0. The van der Waals surface area contributed by atoms with Crippen molar-refractivity contribution in [2.45, 2.75) is 57.9 Å². The second-order valence-electron chi connectivity index (χ2n) is 11.8. The standard InChI is InChI=1S/C27H35N3O8/c1-26(2,3)25(37)29-10-11-6-7-15(31)17-13(11)8-12-9-14-19(30(4)5)21(33)18(24(28)36)23(35)27(14,38)22(34)16(12)20(17)32/h6-7,12,14,18-19,21,31-33,38H,8-10H2,1-5H3,(H2,28,36)(H,29,37)/t12-,14-,18?,19-,21?,27-/m0/s1. The van der Waals surface area contributed by atoms with E-state index >= 15 is 0 Å². The molecule has 2 unspecified atom stereocenters. The van der Waals surface area contributed by atoms with Gasteiger partial charge in [-0.2, -0.15) is 0 Å². The van der Waals surface area contributed by atoms with Gasteiger partial charge in [-0.15, -0.1) is 0 Å². The van der Waals surface area contributed by atoms with Crippen LogP contribution in [0.4, 0.5) is 0 Å². The van der Waals surface area contributed by atoms with Crippen molar-refractivity contribution in [3.05, 3.63) is 34.4 Å². The van der Waals surface area contributed by atoms with E-state index in [-0.39, 0.29) is 42.2 Å². The van der Waals surface area contributed by atoms with Crippen LogP contribution in [0.1, 0.15) is 43.9 Å². The van der Waals surface area contributed by atoms with E-state index in [1.54, 1.807) is 45.8 Å². The summed E-state index contributed by atoms with van der Waals surface area (Å²) in [6.45, 7) is 5.43. The molecule has 0 aromatic heterocycles. The van der Waals surface area contributed by atoms with E-state index in [9.17, 15) is 39.6 Å². The van der Waals surface area contributed by atoms with Gasteiger partial charge in [-0.1, -0.05) is 26.8 Å². The molecular formula is C27H35N3O8. The second kappa shape index (κ2) is 9.18. The van der Waals surface area contributed by atoms with Gasteiger partial charge >= 0.3 is 0 Å². The highest BCUT2D eigenvalue weighted by Crippen LogP contribution is 2.52. The molecule has 206 valence electrons. The number of likely N-dealkylation sites (N-methyl/N-ethyl adjacent to an activating group) is 1. The SMILES string of the molecule is CN(C)[C@@H]1C(O)C(C(N)=O)C(=O)[C@@]2(O)C(=O)C3=C(O)c4c(O)ccc(CNC(=O)C(C)(C)C)c4C[C@H]3C[C@@H]12. The zero-order valence-corrected chi connectivity index (χ0v) is 22.1. The predicted octanol–water partition coefficient (Wildman–Crippen LogP) is -0.209. The van der Waals surface area contributed by atoms with Crippen molar-refractivity contribution < 1.29 is 39.6 Å². The smallest absolute Gasteiger partial charge is 0.230 e. The van der Waals surface area contributed by atoms with Crippen molar-refractivity contribution in [1.82, 2.24) is 10.2 Å². The highest BCUT2D eigenvalue weighted by atomic mass is 16.3. The summed E-state index contributed by atoms with van der Waals surface area (Å²) < 4.78 is 0. The molecule has 3 aliphatic carbocycles. The average molecular weight is 530 g/mol. The fraction of sp³-hybridized carbons (Fsp3) is 0.556. The first-order valence-electron chi connectivity index (χ1n) is 12.5. The predicted molar refractivity (Wildman–Crippen MR) is 135 cm³/mol. The van der Waals surface area contributed by atoms with Crippen LogP contribution in [0.15, 0.2) is 17.7 Å². The minimum atomic E-state index is -2.70. The van der Waals surface area contributed by atoms with Gasteiger partial charge < -0.3 is 36.4 Å². The number of aromatic hydroxyl groups is 1. The highest BCUT2D eigenvalue weighted by molar-refractivity contribution is 6.25. The summed E-state index contributed by atoms with van der Waals surface area (Å²) >= 11 is 0. The number of amides is 2. The summed E-state index contributed by atoms with van der Waals surface area (Å²) in [5, 5.41) is 47.3. The number of phenolic OH excluding ortho intramolecular Hbond substituents is 1. The molecule has 6 atom stereocenters. The van der Waals surface area contributed by atoms with Crippen LogP contribution in [0.5, 0.6) is 5.75 Å². The first-order chi connectivity index (χ1) is 17.5. The Hall–Kier alpha value is -3.28. The maximum Gasteiger partial charge on any atom is 0.230 e. The number of primary amides is 1. The highest BCUT2D eigenvalue weighted by Gasteiger charge is 2.67. The molecule has 38 heavy (non-hydrogen) atoms. The topological polar surface area (TPSA) is 190 Å². The first-order valence-corrected chi connectivity index (χ1v) is 12.5. The molecular weight excluding hydrogens is 494 g/mol. The van der Waals surface area contributed by atoms with Gasteiger partial charge in [0.15, 0.2) is 11.4 Å². The quantitative estimate of drug-likeness (QED) is 0.287. The lowest BCUT2D eigenvalue weighted by Gasteiger charge is -2.53. The number of hydrogen-bond donors (Lipinski definition) is 6. The van der Waals surface area contributed by atoms with E-state index in [1.807, 2.05) is 0 Å². The van der Waals surface area contributed by atoms with Gasteiger partial charge in [0.1, 0.15) is 17.4 Å². The molecule has 3 aliphatic rings. The number of fused-ring (bicyclic) bond motifs is 3. The zero-order chi connectivity index (χ0) is 28.5. The number of carbonyl (C=O) groups excluding carboxylic acids is 4. The molecule has 1 aromatic rings. The van der Waals surface area contributed by atoms with Crippen molar-refractivity contribution in [2.24, 2.45) is 28.9 Å². The van der Waals surface area contributed by atoms with Gasteiger partial charge in [0.25, 0.3) is 0 Å². The molecule has 4 rings (SSSR count). The van der Waals surface area contributed by atoms with Crippen molar-refractivity contribution in [2.75, 3.05) is 14.1 Å². The van der Waals surface area contributed by atoms with Gasteiger partial charge in [-0.25, -0.2) is 0 Å². The molecule has 2 fully saturated rings. The van der Waals surface area contributed by atoms with Gasteiger partial charge in [0.2, 0.25) is 17.6 Å². The van der Waals surface area contributed by atoms with Gasteiger partial charge in [-0.3, -0.25) is 19.2 Å². The lowest BCUT2D eigenvalue weighted by atomic mass is 9.54. The Labute approximate surface area is 220 Å². The van der Waals surface area contributed by atoms with Crippen molar-refractivity contribution in [1.29, 1.82) is 0 Å². The third-order valence-electron chi connectivity index (χ3n) is 8.19. The third-order valence-corrected chi connectivity index (χ3v) is 8.19. The summed E-state index contributed by atoms with van der Waals surface area (Å²) in [5.41, 5.74) is 3.00. The molecule has 1 aromatic carbocycles. The van der Waals surface area contributed by atoms with E-state index in [4.69, 9.17) is 5.73 Å². The number of hydrogen-bond acceptors (Lipinski definition) is 9. The molecule has 0 heterocycles. The molecule has 0 aliphatic heterocycles. The van der Waals surface area contributed by atoms with Crippen LogP contribution in [0.2, 0.25) is 0 Å². The van der Waals surface area contributed by atoms with E-state index in [2.05, 4.69) is 5.32 Å². The third kappa shape index (κ3) is 4.00. The van der Waals surface area contributed by atoms with Crippen LogP contribution in [0.25, 0.3) is 5.76 Å². The number of aliphatic hydroxyl groups excluding tert-OH is 2. The number of phenols is 1. The Balaban J connectivity index is 1.83. The molecule has 0 saturated heterocycles. The molecule has 2 saturated carbocycles. The molecule has 2 amide bonds. The second-order valence-corrected chi connectivity index (χ2v) is 11.8. The number of nitrogens with one attached hydrogen (secondary N) is 1. The maximum absolute atomic E-state index is 13.8. The minimum Gasteiger partial charge on any atom is -0.507 e. The zero-order valence-electron chi connectivity index (χ0n) is 22.1. The Morgan fingerprint density at radius 3 is 2.37 bits per heavy atom. The maximum atomic E-state index is 13.8. The Kier molecular flexibility index (Phi) is 6.70. The van der Waals surface area contributed by atoms with E-state index < -0.39 is 64.1 Å². The molecule has 0 radical (unpaired) electrons. The van der Waals surface area contributed by atoms with E-state index in [0.29, 0.717) is 11.1 Å². The molecule has 11 heteroatoms. The molecule has 7 N–H and O–H groups in total. The number of nitrogens with zero attached hydrogens (tertiary/aromatic N) is 1. The summed E-state index contributed by atoms with van der Waals surface area (Å²) in [6.07, 6.45) is -1.34. The lowest BCUT2D eigenvalue weighted by Crippen LogP contribution is -2.73. The summed E-state index contributed by atoms with van der Waals surface area (Å²) in [6, 6.07) is 2.01. The molecule has 0 spiro atoms. The number of ketones is 2. The van der Waals surface area contributed by atoms with Gasteiger partial charge in [-0.05, 0) is 50.0 Å². The molecule has 11 nitrogen and oxygen atoms in total. The number of benzene rings is 1. The van der Waals surface area contributed by atoms with Crippen LogP contribution in [0.3, 0.4) is 0 Å². The Morgan fingerprint density at radius 1 is 1.18 bits per heavy atom. The number of nitrogens with two attached hydrogens (primary N) is 1. The van der Waals surface area contributed by atoms with E-state index in [0.717, 1.165) is 0 Å². The Morgan fingerprint density at radius 2 is 1.82 bits per heavy atom. The molecule has 0 bridgehead atoms. The van der Waals surface area contributed by atoms with Crippen molar-refractivity contribution >= 4 is 29.1 Å². The summed E-state index contributed by atoms with van der Waals surface area (Å²) in [4.78, 5) is 53.3. The fourth-order valence-corrected chi connectivity index (χ4v) is 6.28. The van der Waals surface area contributed by atoms with Gasteiger partial charge in [0.05, 0.1) is 11.7 Å². The summed E-state index contributed by atoms with van der Waals surface area (Å²) in [7, 11) is 3.19. The van der Waals surface area contributed by atoms with Crippen LogP contribution < -0.4 is 11.1 Å². The van der Waals surface area contributed by atoms with Crippen LogP contribution in [0, 0.1) is 23.2 Å². The largest absolute Gasteiger partial charge is 0.507 e. The minimum absolute atomic E-state index is 0.00642. The fourth-order valence-electron chi connectivity index (χ4n) is 6.28. The number of aliphatic hydroxyl groups is 3. The van der Waals surface area contributed by atoms with Gasteiger partial charge in [0, 0.05) is 29.5 Å². The van der Waals surface area contributed by atoms with Crippen molar-refractivity contribution in [3.63, 3.8) is 0 Å². The van der Waals surface area contributed by atoms with Crippen molar-refractivity contribution in [3.8, 4) is 5.75 Å². The number of Topliss-reactive ketones (excluding diaryl/α,β-unsaturated/α-hetero) is 2. The number of rotatable bonds is 4.